The van der Waals surface area contributed by atoms with Crippen molar-refractivity contribution in [2.24, 2.45) is 0 Å². The van der Waals surface area contributed by atoms with E-state index in [0.717, 1.165) is 5.56 Å². The molecule has 5 nitrogen and oxygen atoms in total. The van der Waals surface area contributed by atoms with E-state index in [4.69, 9.17) is 4.74 Å². The van der Waals surface area contributed by atoms with Crippen molar-refractivity contribution in [2.75, 3.05) is 6.54 Å². The van der Waals surface area contributed by atoms with Crippen molar-refractivity contribution in [1.29, 1.82) is 0 Å². The van der Waals surface area contributed by atoms with Crippen LogP contribution in [-0.2, 0) is 11.2 Å². The van der Waals surface area contributed by atoms with Crippen LogP contribution < -0.4 is 10.6 Å². The summed E-state index contributed by atoms with van der Waals surface area (Å²) in [6.45, 7) is 7.88. The molecule has 0 heterocycles. The van der Waals surface area contributed by atoms with Crippen LogP contribution in [0.2, 0.25) is 0 Å². The van der Waals surface area contributed by atoms with Crippen LogP contribution in [0.3, 0.4) is 0 Å². The third-order valence-corrected chi connectivity index (χ3v) is 5.39. The number of ether oxygens (including phenoxy) is 1. The van der Waals surface area contributed by atoms with E-state index in [1.54, 1.807) is 0 Å². The second kappa shape index (κ2) is 10.6. The maximum atomic E-state index is 12.4. The predicted molar refractivity (Wildman–Crippen MR) is 130 cm³/mol. The molecule has 3 aromatic rings. The van der Waals surface area contributed by atoms with Crippen molar-refractivity contribution in [1.82, 2.24) is 10.6 Å². The first-order valence-electron chi connectivity index (χ1n) is 11.2. The molecule has 0 bridgehead atoms. The molecule has 0 fully saturated rings. The van der Waals surface area contributed by atoms with Crippen molar-refractivity contribution in [3.05, 3.63) is 83.9 Å². The monoisotopic (exact) mass is 434 g/mol. The van der Waals surface area contributed by atoms with Gasteiger partial charge in [0.05, 0.1) is 12.1 Å². The second-order valence-corrected chi connectivity index (χ2v) is 9.21. The summed E-state index contributed by atoms with van der Waals surface area (Å²) in [7, 11) is 0. The number of fused-ring (bicyclic) bond motifs is 1. The van der Waals surface area contributed by atoms with Gasteiger partial charge < -0.3 is 20.5 Å². The molecule has 0 aromatic heterocycles. The molecule has 3 aromatic carbocycles. The second-order valence-electron chi connectivity index (χ2n) is 9.21. The number of aliphatic hydroxyl groups is 1. The quantitative estimate of drug-likeness (QED) is 0.467. The molecule has 0 saturated carbocycles. The van der Waals surface area contributed by atoms with E-state index in [-0.39, 0.29) is 6.04 Å². The SMILES string of the molecule is C[C@@H](NC[C@@H](O)[C@H](Cc1ccccc1)NC(=O)OC(C)(C)C)c1cccc2ccccc12. The van der Waals surface area contributed by atoms with Gasteiger partial charge >= 0.3 is 6.09 Å². The van der Waals surface area contributed by atoms with Crippen molar-refractivity contribution >= 4 is 16.9 Å². The number of hydrogen-bond acceptors (Lipinski definition) is 4. The van der Waals surface area contributed by atoms with Gasteiger partial charge in [-0.25, -0.2) is 4.79 Å². The van der Waals surface area contributed by atoms with Gasteiger partial charge in [-0.1, -0.05) is 72.8 Å². The van der Waals surface area contributed by atoms with Crippen LogP contribution in [-0.4, -0.2) is 35.5 Å². The third kappa shape index (κ3) is 6.81. The number of hydrogen-bond donors (Lipinski definition) is 3. The molecular weight excluding hydrogens is 400 g/mol. The summed E-state index contributed by atoms with van der Waals surface area (Å²) in [6, 6.07) is 23.9. The summed E-state index contributed by atoms with van der Waals surface area (Å²) in [5.41, 5.74) is 1.61. The summed E-state index contributed by atoms with van der Waals surface area (Å²) in [5, 5.41) is 19.7. The lowest BCUT2D eigenvalue weighted by atomic mass is 9.98. The molecule has 0 radical (unpaired) electrons. The Morgan fingerprint density at radius 1 is 0.969 bits per heavy atom. The van der Waals surface area contributed by atoms with Gasteiger partial charge in [-0.15, -0.1) is 0 Å². The zero-order chi connectivity index (χ0) is 23.1. The molecule has 5 heteroatoms. The lowest BCUT2D eigenvalue weighted by Crippen LogP contribution is -2.50. The Bertz CT molecular complexity index is 1010. The summed E-state index contributed by atoms with van der Waals surface area (Å²) < 4.78 is 5.42. The van der Waals surface area contributed by atoms with Gasteiger partial charge in [-0.3, -0.25) is 0 Å². The third-order valence-electron chi connectivity index (χ3n) is 5.39. The number of rotatable bonds is 8. The average molecular weight is 435 g/mol. The molecule has 0 aliphatic carbocycles. The fourth-order valence-electron chi connectivity index (χ4n) is 3.79. The maximum absolute atomic E-state index is 12.4. The molecule has 3 atom stereocenters. The smallest absolute Gasteiger partial charge is 0.407 e. The molecule has 3 rings (SSSR count). The molecule has 170 valence electrons. The van der Waals surface area contributed by atoms with E-state index >= 15 is 0 Å². The fraction of sp³-hybridized carbons (Fsp3) is 0.370. The van der Waals surface area contributed by atoms with Crippen LogP contribution in [0.4, 0.5) is 4.79 Å². The first-order valence-corrected chi connectivity index (χ1v) is 11.2. The van der Waals surface area contributed by atoms with Crippen LogP contribution in [0.1, 0.15) is 44.9 Å². The molecule has 32 heavy (non-hydrogen) atoms. The maximum Gasteiger partial charge on any atom is 0.407 e. The van der Waals surface area contributed by atoms with Gasteiger partial charge in [-0.2, -0.15) is 0 Å². The first kappa shape index (κ1) is 23.8. The predicted octanol–water partition coefficient (Wildman–Crippen LogP) is 4.99. The van der Waals surface area contributed by atoms with Gasteiger partial charge in [0.2, 0.25) is 0 Å². The van der Waals surface area contributed by atoms with E-state index in [0.29, 0.717) is 13.0 Å². The minimum absolute atomic E-state index is 0.0367. The zero-order valence-corrected chi connectivity index (χ0v) is 19.3. The lowest BCUT2D eigenvalue weighted by Gasteiger charge is -2.28. The van der Waals surface area contributed by atoms with E-state index in [2.05, 4.69) is 47.9 Å². The van der Waals surface area contributed by atoms with Gasteiger partial charge in [0.25, 0.3) is 0 Å². The van der Waals surface area contributed by atoms with Gasteiger partial charge in [0, 0.05) is 12.6 Å². The minimum Gasteiger partial charge on any atom is -0.444 e. The zero-order valence-electron chi connectivity index (χ0n) is 19.3. The van der Waals surface area contributed by atoms with Crippen LogP contribution in [0, 0.1) is 0 Å². The molecule has 0 aliphatic rings. The Morgan fingerprint density at radius 2 is 1.62 bits per heavy atom. The standard InChI is InChI=1S/C27H34N2O3/c1-19(22-16-10-14-21-13-8-9-15-23(21)22)28-18-25(30)24(17-20-11-6-5-7-12-20)29-26(31)32-27(2,3)4/h5-16,19,24-25,28,30H,17-18H2,1-4H3,(H,29,31)/t19-,24+,25-/m1/s1. The Morgan fingerprint density at radius 3 is 2.34 bits per heavy atom. The number of aliphatic hydroxyl groups excluding tert-OH is 1. The molecular formula is C27H34N2O3. The summed E-state index contributed by atoms with van der Waals surface area (Å²) in [4.78, 5) is 12.4. The highest BCUT2D eigenvalue weighted by Gasteiger charge is 2.25. The van der Waals surface area contributed by atoms with Gasteiger partial charge in [0.15, 0.2) is 0 Å². The van der Waals surface area contributed by atoms with Gasteiger partial charge in [-0.05, 0) is 56.0 Å². The Hall–Kier alpha value is -2.89. The van der Waals surface area contributed by atoms with Crippen LogP contribution in [0.25, 0.3) is 10.8 Å². The Labute approximate surface area is 190 Å². The highest BCUT2D eigenvalue weighted by Crippen LogP contribution is 2.24. The number of amides is 1. The van der Waals surface area contributed by atoms with Crippen molar-refractivity contribution in [2.45, 2.75) is 57.9 Å². The van der Waals surface area contributed by atoms with Crippen LogP contribution >= 0.6 is 0 Å². The minimum atomic E-state index is -0.792. The summed E-state index contributed by atoms with van der Waals surface area (Å²) >= 11 is 0. The van der Waals surface area contributed by atoms with Crippen molar-refractivity contribution in [3.63, 3.8) is 0 Å². The van der Waals surface area contributed by atoms with Crippen molar-refractivity contribution < 1.29 is 14.6 Å². The molecule has 0 saturated heterocycles. The Kier molecular flexibility index (Phi) is 7.89. The van der Waals surface area contributed by atoms with E-state index < -0.39 is 23.8 Å². The number of benzene rings is 3. The van der Waals surface area contributed by atoms with Crippen LogP contribution in [0.15, 0.2) is 72.8 Å². The fourth-order valence-corrected chi connectivity index (χ4v) is 3.79. The van der Waals surface area contributed by atoms with E-state index in [1.165, 1.54) is 16.3 Å². The Balaban J connectivity index is 1.69. The summed E-state index contributed by atoms with van der Waals surface area (Å²) in [5.74, 6) is 0. The largest absolute Gasteiger partial charge is 0.444 e. The summed E-state index contributed by atoms with van der Waals surface area (Å²) in [6.07, 6.45) is -0.814. The highest BCUT2D eigenvalue weighted by molar-refractivity contribution is 5.86. The van der Waals surface area contributed by atoms with Crippen LogP contribution in [0.5, 0.6) is 0 Å². The molecule has 0 unspecified atom stereocenters. The average Bonchev–Trinajstić information content (AvgIpc) is 2.76. The first-order chi connectivity index (χ1) is 15.2. The van der Waals surface area contributed by atoms with E-state index in [9.17, 15) is 9.90 Å². The van der Waals surface area contributed by atoms with Crippen molar-refractivity contribution in [3.8, 4) is 0 Å². The molecule has 3 N–H and O–H groups in total. The number of alkyl carbamates (subject to hydrolysis) is 1. The number of nitrogens with one attached hydrogen (secondary N) is 2. The normalized spacial score (nSPS) is 14.5. The highest BCUT2D eigenvalue weighted by atomic mass is 16.6. The number of carbonyl (C=O) groups excluding carboxylic acids is 1. The lowest BCUT2D eigenvalue weighted by molar-refractivity contribution is 0.0420. The molecule has 0 spiro atoms. The van der Waals surface area contributed by atoms with Gasteiger partial charge in [0.1, 0.15) is 5.60 Å². The molecule has 1 amide bonds. The number of carbonyl (C=O) groups is 1. The molecule has 0 aliphatic heterocycles. The van der Waals surface area contributed by atoms with E-state index in [1.807, 2.05) is 63.2 Å². The topological polar surface area (TPSA) is 70.6 Å².